The smallest absolute Gasteiger partial charge is 0.255 e. The number of benzene rings is 1. The zero-order chi connectivity index (χ0) is 17.8. The van der Waals surface area contributed by atoms with Crippen LogP contribution in [0.1, 0.15) is 28.4 Å². The van der Waals surface area contributed by atoms with Crippen LogP contribution in [0.3, 0.4) is 0 Å². The highest BCUT2D eigenvalue weighted by Crippen LogP contribution is 2.25. The van der Waals surface area contributed by atoms with Crippen molar-refractivity contribution in [2.75, 3.05) is 42.5 Å². The van der Waals surface area contributed by atoms with Gasteiger partial charge in [0.25, 0.3) is 5.91 Å². The van der Waals surface area contributed by atoms with Crippen molar-refractivity contribution >= 4 is 17.4 Å². The lowest BCUT2D eigenvalue weighted by atomic mass is 10.1. The molecular weight excluding hydrogens is 312 g/mol. The third-order valence-electron chi connectivity index (χ3n) is 4.64. The highest BCUT2D eigenvalue weighted by atomic mass is 16.1. The topological polar surface area (TPSA) is 48.5 Å². The summed E-state index contributed by atoms with van der Waals surface area (Å²) in [5.74, 6) is 0.733. The summed E-state index contributed by atoms with van der Waals surface area (Å²) in [6.07, 6.45) is 1.76. The van der Waals surface area contributed by atoms with Gasteiger partial charge in [0, 0.05) is 44.6 Å². The predicted molar refractivity (Wildman–Crippen MR) is 103 cm³/mol. The highest BCUT2D eigenvalue weighted by Gasteiger charge is 2.23. The Balaban J connectivity index is 1.73. The Kier molecular flexibility index (Phi) is 5.22. The summed E-state index contributed by atoms with van der Waals surface area (Å²) in [6.45, 7) is 10.4. The Morgan fingerprint density at radius 1 is 1.12 bits per heavy atom. The SMILES string of the molecule is CCNC(=O)c1cccnc1N1CCN(c2ccc(C)cc2C)CC1. The minimum atomic E-state index is -0.0533. The average Bonchev–Trinajstić information content (AvgIpc) is 2.62. The fourth-order valence-electron chi connectivity index (χ4n) is 3.40. The fraction of sp³-hybridized carbons (Fsp3) is 0.400. The van der Waals surface area contributed by atoms with Crippen LogP contribution >= 0.6 is 0 Å². The number of aryl methyl sites for hydroxylation is 2. The number of aromatic nitrogens is 1. The van der Waals surface area contributed by atoms with Crippen LogP contribution in [0, 0.1) is 13.8 Å². The van der Waals surface area contributed by atoms with Crippen molar-refractivity contribution in [3.05, 3.63) is 53.2 Å². The highest BCUT2D eigenvalue weighted by molar-refractivity contribution is 5.98. The van der Waals surface area contributed by atoms with Crippen LogP contribution < -0.4 is 15.1 Å². The van der Waals surface area contributed by atoms with Crippen LogP contribution in [0.15, 0.2) is 36.5 Å². The number of nitrogens with zero attached hydrogens (tertiary/aromatic N) is 3. The molecule has 0 unspecified atom stereocenters. The van der Waals surface area contributed by atoms with E-state index in [1.807, 2.05) is 19.1 Å². The second-order valence-electron chi connectivity index (χ2n) is 6.50. The second kappa shape index (κ2) is 7.55. The first-order valence-corrected chi connectivity index (χ1v) is 8.90. The minimum absolute atomic E-state index is 0.0533. The summed E-state index contributed by atoms with van der Waals surface area (Å²) >= 11 is 0. The standard InChI is InChI=1S/C20H26N4O/c1-4-21-20(25)17-6-5-9-22-19(17)24-12-10-23(11-13-24)18-8-7-15(2)14-16(18)3/h5-9,14H,4,10-13H2,1-3H3,(H,21,25). The van der Waals surface area contributed by atoms with Crippen LogP contribution in [0.2, 0.25) is 0 Å². The van der Waals surface area contributed by atoms with Crippen molar-refractivity contribution in [3.8, 4) is 0 Å². The number of nitrogens with one attached hydrogen (secondary N) is 1. The number of carbonyl (C=O) groups excluding carboxylic acids is 1. The molecule has 1 N–H and O–H groups in total. The Labute approximate surface area is 149 Å². The van der Waals surface area contributed by atoms with Gasteiger partial charge in [-0.25, -0.2) is 4.98 Å². The van der Waals surface area contributed by atoms with Crippen LogP contribution in [0.5, 0.6) is 0 Å². The molecule has 1 aliphatic heterocycles. The molecule has 2 aromatic rings. The van der Waals surface area contributed by atoms with Crippen molar-refractivity contribution in [1.82, 2.24) is 10.3 Å². The molecule has 0 aliphatic carbocycles. The summed E-state index contributed by atoms with van der Waals surface area (Å²) in [5, 5.41) is 2.87. The van der Waals surface area contributed by atoms with E-state index in [1.54, 1.807) is 6.20 Å². The molecule has 0 atom stereocenters. The van der Waals surface area contributed by atoms with Gasteiger partial charge in [0.05, 0.1) is 5.56 Å². The van der Waals surface area contributed by atoms with Gasteiger partial charge in [0.2, 0.25) is 0 Å². The molecule has 0 bridgehead atoms. The monoisotopic (exact) mass is 338 g/mol. The van der Waals surface area contributed by atoms with Gasteiger partial charge >= 0.3 is 0 Å². The molecule has 0 saturated carbocycles. The Hall–Kier alpha value is -2.56. The van der Waals surface area contributed by atoms with Crippen molar-refractivity contribution < 1.29 is 4.79 Å². The largest absolute Gasteiger partial charge is 0.368 e. The van der Waals surface area contributed by atoms with Gasteiger partial charge in [0.15, 0.2) is 0 Å². The normalized spacial score (nSPS) is 14.5. The van der Waals surface area contributed by atoms with Gasteiger partial charge in [-0.05, 0) is 44.5 Å². The van der Waals surface area contributed by atoms with Gasteiger partial charge in [-0.2, -0.15) is 0 Å². The van der Waals surface area contributed by atoms with Crippen molar-refractivity contribution in [2.45, 2.75) is 20.8 Å². The van der Waals surface area contributed by atoms with Gasteiger partial charge in [-0.3, -0.25) is 4.79 Å². The number of rotatable bonds is 4. The van der Waals surface area contributed by atoms with E-state index in [1.165, 1.54) is 16.8 Å². The van der Waals surface area contributed by atoms with E-state index >= 15 is 0 Å². The molecule has 1 amide bonds. The van der Waals surface area contributed by atoms with E-state index in [-0.39, 0.29) is 5.91 Å². The lowest BCUT2D eigenvalue weighted by Crippen LogP contribution is -2.47. The molecule has 5 heteroatoms. The number of amides is 1. The molecule has 1 aromatic heterocycles. The number of pyridine rings is 1. The molecular formula is C20H26N4O. The van der Waals surface area contributed by atoms with Crippen LogP contribution in [-0.2, 0) is 0 Å². The van der Waals surface area contributed by atoms with Gasteiger partial charge in [-0.1, -0.05) is 17.7 Å². The Bertz CT molecular complexity index is 751. The van der Waals surface area contributed by atoms with E-state index in [2.05, 4.69) is 52.1 Å². The molecule has 0 spiro atoms. The van der Waals surface area contributed by atoms with E-state index in [0.29, 0.717) is 12.1 Å². The van der Waals surface area contributed by atoms with Crippen LogP contribution in [0.4, 0.5) is 11.5 Å². The van der Waals surface area contributed by atoms with Crippen molar-refractivity contribution in [1.29, 1.82) is 0 Å². The van der Waals surface area contributed by atoms with Crippen molar-refractivity contribution in [2.24, 2.45) is 0 Å². The predicted octanol–water partition coefficient (Wildman–Crippen LogP) is 2.77. The first kappa shape index (κ1) is 17.3. The van der Waals surface area contributed by atoms with E-state index in [4.69, 9.17) is 0 Å². The minimum Gasteiger partial charge on any atom is -0.368 e. The zero-order valence-corrected chi connectivity index (χ0v) is 15.2. The van der Waals surface area contributed by atoms with Gasteiger partial charge in [0.1, 0.15) is 5.82 Å². The number of hydrogen-bond donors (Lipinski definition) is 1. The molecule has 1 fully saturated rings. The first-order chi connectivity index (χ1) is 12.1. The third-order valence-corrected chi connectivity index (χ3v) is 4.64. The molecule has 5 nitrogen and oxygen atoms in total. The Morgan fingerprint density at radius 2 is 1.84 bits per heavy atom. The Morgan fingerprint density at radius 3 is 2.52 bits per heavy atom. The summed E-state index contributed by atoms with van der Waals surface area (Å²) in [6, 6.07) is 10.3. The maximum absolute atomic E-state index is 12.3. The van der Waals surface area contributed by atoms with Crippen LogP contribution in [-0.4, -0.2) is 43.6 Å². The molecule has 1 aliphatic rings. The number of anilines is 2. The van der Waals surface area contributed by atoms with E-state index in [0.717, 1.165) is 32.0 Å². The number of hydrogen-bond acceptors (Lipinski definition) is 4. The summed E-state index contributed by atoms with van der Waals surface area (Å²) in [5.41, 5.74) is 4.56. The lowest BCUT2D eigenvalue weighted by Gasteiger charge is -2.38. The quantitative estimate of drug-likeness (QED) is 0.931. The maximum atomic E-state index is 12.3. The first-order valence-electron chi connectivity index (χ1n) is 8.90. The molecule has 1 saturated heterocycles. The molecule has 132 valence electrons. The van der Waals surface area contributed by atoms with Crippen LogP contribution in [0.25, 0.3) is 0 Å². The maximum Gasteiger partial charge on any atom is 0.255 e. The molecule has 25 heavy (non-hydrogen) atoms. The second-order valence-corrected chi connectivity index (χ2v) is 6.50. The third kappa shape index (κ3) is 3.76. The summed E-state index contributed by atoms with van der Waals surface area (Å²) in [4.78, 5) is 21.4. The van der Waals surface area contributed by atoms with Gasteiger partial charge < -0.3 is 15.1 Å². The van der Waals surface area contributed by atoms with E-state index in [9.17, 15) is 4.79 Å². The molecule has 3 rings (SSSR count). The van der Waals surface area contributed by atoms with E-state index < -0.39 is 0 Å². The van der Waals surface area contributed by atoms with Crippen molar-refractivity contribution in [3.63, 3.8) is 0 Å². The summed E-state index contributed by atoms with van der Waals surface area (Å²) < 4.78 is 0. The lowest BCUT2D eigenvalue weighted by molar-refractivity contribution is 0.0956. The fourth-order valence-corrected chi connectivity index (χ4v) is 3.40. The molecule has 0 radical (unpaired) electrons. The molecule has 2 heterocycles. The van der Waals surface area contributed by atoms with Gasteiger partial charge in [-0.15, -0.1) is 0 Å². The number of piperazine rings is 1. The zero-order valence-electron chi connectivity index (χ0n) is 15.2. The number of carbonyl (C=O) groups is 1. The molecule has 1 aromatic carbocycles. The summed E-state index contributed by atoms with van der Waals surface area (Å²) in [7, 11) is 0. The average molecular weight is 338 g/mol.